The molecule has 6 nitrogen and oxygen atoms in total. The van der Waals surface area contributed by atoms with E-state index in [1.807, 2.05) is 12.1 Å². The van der Waals surface area contributed by atoms with Gasteiger partial charge in [-0.1, -0.05) is 35.9 Å². The molecule has 0 radical (unpaired) electrons. The van der Waals surface area contributed by atoms with Crippen molar-refractivity contribution in [2.45, 2.75) is 0 Å². The first-order chi connectivity index (χ1) is 13.5. The van der Waals surface area contributed by atoms with E-state index in [9.17, 15) is 9.90 Å². The largest absolute Gasteiger partial charge is 0.507 e. The second-order valence-electron chi connectivity index (χ2n) is 5.57. The first-order valence-corrected chi connectivity index (χ1v) is 9.29. The highest BCUT2D eigenvalue weighted by Gasteiger charge is 2.08. The minimum absolute atomic E-state index is 0.00409. The third-order valence-electron chi connectivity index (χ3n) is 3.62. The maximum absolute atomic E-state index is 12.1. The van der Waals surface area contributed by atoms with E-state index in [0.29, 0.717) is 32.0 Å². The van der Waals surface area contributed by atoms with Crippen LogP contribution >= 0.6 is 27.5 Å². The summed E-state index contributed by atoms with van der Waals surface area (Å²) in [6, 6.07) is 18.7. The van der Waals surface area contributed by atoms with Gasteiger partial charge >= 0.3 is 0 Å². The van der Waals surface area contributed by atoms with Gasteiger partial charge in [0.1, 0.15) is 11.4 Å². The molecule has 0 bridgehead atoms. The fourth-order valence-corrected chi connectivity index (χ4v) is 2.86. The molecule has 0 saturated heterocycles. The lowest BCUT2D eigenvalue weighted by Crippen LogP contribution is -2.18. The molecule has 0 aliphatic heterocycles. The fourth-order valence-electron chi connectivity index (χ4n) is 2.22. The molecule has 0 aliphatic carbocycles. The number of azo groups is 1. The van der Waals surface area contributed by atoms with Gasteiger partial charge in [-0.15, -0.1) is 5.11 Å². The van der Waals surface area contributed by atoms with Crippen LogP contribution in [0.4, 0.5) is 11.4 Å². The lowest BCUT2D eigenvalue weighted by Gasteiger charge is -2.03. The number of benzene rings is 3. The number of phenolic OH excluding ortho intramolecular Hbond substituents is 1. The van der Waals surface area contributed by atoms with Crippen LogP contribution in [0.1, 0.15) is 15.9 Å². The molecule has 28 heavy (non-hydrogen) atoms. The molecule has 1 amide bonds. The minimum atomic E-state index is -0.377. The SMILES string of the molecule is O=C(NN=Cc1cc(N=Nc2ccccc2Cl)ccc1O)c1ccccc1Br. The predicted molar refractivity (Wildman–Crippen MR) is 113 cm³/mol. The van der Waals surface area contributed by atoms with Gasteiger partial charge in [0.05, 0.1) is 22.5 Å². The number of rotatable bonds is 5. The van der Waals surface area contributed by atoms with Crippen LogP contribution in [0.25, 0.3) is 0 Å². The lowest BCUT2D eigenvalue weighted by atomic mass is 10.2. The van der Waals surface area contributed by atoms with Gasteiger partial charge in [0.25, 0.3) is 5.91 Å². The molecule has 2 N–H and O–H groups in total. The van der Waals surface area contributed by atoms with Gasteiger partial charge < -0.3 is 5.11 Å². The van der Waals surface area contributed by atoms with E-state index in [1.54, 1.807) is 48.5 Å². The number of hydrogen-bond donors (Lipinski definition) is 2. The van der Waals surface area contributed by atoms with Crippen molar-refractivity contribution in [1.29, 1.82) is 0 Å². The number of carbonyl (C=O) groups is 1. The van der Waals surface area contributed by atoms with Crippen LogP contribution in [0.2, 0.25) is 5.02 Å². The molecule has 3 aromatic rings. The number of halogens is 2. The van der Waals surface area contributed by atoms with E-state index < -0.39 is 0 Å². The molecule has 3 rings (SSSR count). The van der Waals surface area contributed by atoms with Crippen molar-refractivity contribution >= 4 is 51.0 Å². The Bertz CT molecular complexity index is 1070. The minimum Gasteiger partial charge on any atom is -0.507 e. The fraction of sp³-hybridized carbons (Fsp3) is 0. The van der Waals surface area contributed by atoms with Gasteiger partial charge in [-0.05, 0) is 58.4 Å². The normalized spacial score (nSPS) is 11.2. The second kappa shape index (κ2) is 9.25. The van der Waals surface area contributed by atoms with E-state index in [1.165, 1.54) is 12.3 Å². The highest BCUT2D eigenvalue weighted by molar-refractivity contribution is 9.10. The summed E-state index contributed by atoms with van der Waals surface area (Å²) >= 11 is 9.36. The number of nitrogens with zero attached hydrogens (tertiary/aromatic N) is 3. The second-order valence-corrected chi connectivity index (χ2v) is 6.84. The average Bonchev–Trinajstić information content (AvgIpc) is 2.69. The first-order valence-electron chi connectivity index (χ1n) is 8.12. The Labute approximate surface area is 174 Å². The standard InChI is InChI=1S/C20H14BrClN4O2/c21-16-6-2-1-5-15(16)20(28)26-23-12-13-11-14(9-10-19(13)27)24-25-18-8-4-3-7-17(18)22/h1-12,27H,(H,26,28). The zero-order valence-electron chi connectivity index (χ0n) is 14.4. The van der Waals surface area contributed by atoms with Crippen LogP contribution in [-0.2, 0) is 0 Å². The van der Waals surface area contributed by atoms with Crippen molar-refractivity contribution < 1.29 is 9.90 Å². The monoisotopic (exact) mass is 456 g/mol. The summed E-state index contributed by atoms with van der Waals surface area (Å²) in [5.41, 5.74) is 4.28. The van der Waals surface area contributed by atoms with Crippen molar-refractivity contribution in [3.05, 3.63) is 87.4 Å². The van der Waals surface area contributed by atoms with Crippen LogP contribution in [0.15, 0.2) is 86.5 Å². The molecule has 140 valence electrons. The highest BCUT2D eigenvalue weighted by Crippen LogP contribution is 2.27. The quantitative estimate of drug-likeness (QED) is 0.280. The Kier molecular flexibility index (Phi) is 6.52. The molecule has 0 unspecified atom stereocenters. The number of carbonyl (C=O) groups excluding carboxylic acids is 1. The van der Waals surface area contributed by atoms with Crippen LogP contribution in [0.5, 0.6) is 5.75 Å². The van der Waals surface area contributed by atoms with Gasteiger partial charge in [-0.2, -0.15) is 10.2 Å². The molecule has 8 heteroatoms. The summed E-state index contributed by atoms with van der Waals surface area (Å²) in [7, 11) is 0. The zero-order valence-corrected chi connectivity index (χ0v) is 16.7. The van der Waals surface area contributed by atoms with E-state index in [-0.39, 0.29) is 11.7 Å². The van der Waals surface area contributed by atoms with Gasteiger partial charge in [0, 0.05) is 10.0 Å². The van der Waals surface area contributed by atoms with Gasteiger partial charge in [-0.25, -0.2) is 5.43 Å². The number of nitrogens with one attached hydrogen (secondary N) is 1. The van der Waals surface area contributed by atoms with E-state index in [2.05, 4.69) is 36.7 Å². The first kappa shape index (κ1) is 19.7. The third kappa shape index (κ3) is 5.03. The predicted octanol–water partition coefficient (Wildman–Crippen LogP) is 5.99. The van der Waals surface area contributed by atoms with E-state index >= 15 is 0 Å². The molecule has 0 heterocycles. The van der Waals surface area contributed by atoms with Gasteiger partial charge in [0.15, 0.2) is 0 Å². The number of aromatic hydroxyl groups is 1. The summed E-state index contributed by atoms with van der Waals surface area (Å²) in [5.74, 6) is -0.381. The van der Waals surface area contributed by atoms with Gasteiger partial charge in [-0.3, -0.25) is 4.79 Å². The molecule has 3 aromatic carbocycles. The molecular formula is C20H14BrClN4O2. The smallest absolute Gasteiger partial charge is 0.272 e. The summed E-state index contributed by atoms with van der Waals surface area (Å²) < 4.78 is 0.660. The lowest BCUT2D eigenvalue weighted by molar-refractivity contribution is 0.0954. The number of hydrazone groups is 1. The maximum Gasteiger partial charge on any atom is 0.272 e. The molecule has 0 atom stereocenters. The molecular weight excluding hydrogens is 444 g/mol. The van der Waals surface area contributed by atoms with Crippen molar-refractivity contribution in [2.75, 3.05) is 0 Å². The highest BCUT2D eigenvalue weighted by atomic mass is 79.9. The summed E-state index contributed by atoms with van der Waals surface area (Å²) in [6.07, 6.45) is 1.33. The van der Waals surface area contributed by atoms with E-state index in [0.717, 1.165) is 0 Å². The number of amides is 1. The average molecular weight is 458 g/mol. The summed E-state index contributed by atoms with van der Waals surface area (Å²) in [4.78, 5) is 12.1. The zero-order chi connectivity index (χ0) is 19.9. The van der Waals surface area contributed by atoms with E-state index in [4.69, 9.17) is 11.6 Å². The summed E-state index contributed by atoms with van der Waals surface area (Å²) in [6.45, 7) is 0. The Hall–Kier alpha value is -3.03. The maximum atomic E-state index is 12.1. The molecule has 0 aromatic heterocycles. The molecule has 0 aliphatic rings. The molecule has 0 saturated carbocycles. The van der Waals surface area contributed by atoms with Crippen molar-refractivity contribution in [2.24, 2.45) is 15.3 Å². The topological polar surface area (TPSA) is 86.4 Å². The molecule has 0 spiro atoms. The Morgan fingerprint density at radius 3 is 2.57 bits per heavy atom. The van der Waals surface area contributed by atoms with Crippen molar-refractivity contribution in [1.82, 2.24) is 5.43 Å². The molecule has 0 fully saturated rings. The number of phenols is 1. The van der Waals surface area contributed by atoms with Crippen molar-refractivity contribution in [3.8, 4) is 5.75 Å². The van der Waals surface area contributed by atoms with Crippen LogP contribution < -0.4 is 5.43 Å². The Morgan fingerprint density at radius 2 is 1.79 bits per heavy atom. The van der Waals surface area contributed by atoms with Crippen LogP contribution in [0.3, 0.4) is 0 Å². The van der Waals surface area contributed by atoms with Crippen LogP contribution in [0, 0.1) is 0 Å². The van der Waals surface area contributed by atoms with Gasteiger partial charge in [0.2, 0.25) is 0 Å². The number of hydrogen-bond acceptors (Lipinski definition) is 5. The Morgan fingerprint density at radius 1 is 1.04 bits per heavy atom. The van der Waals surface area contributed by atoms with Crippen molar-refractivity contribution in [3.63, 3.8) is 0 Å². The summed E-state index contributed by atoms with van der Waals surface area (Å²) in [5, 5.41) is 22.6. The third-order valence-corrected chi connectivity index (χ3v) is 4.64. The Balaban J connectivity index is 1.73. The van der Waals surface area contributed by atoms with Crippen LogP contribution in [-0.4, -0.2) is 17.2 Å².